The molecule has 2 rings (SSSR count). The van der Waals surface area contributed by atoms with Gasteiger partial charge in [-0.15, -0.1) is 0 Å². The standard InChI is InChI=1S/C15H15BrFNO2/c1-7-5-11(16)12(17)6-13(7)18-15(19)14-8(2)9(3)20-10(14)4/h5-6H,1-4H3,(H,18,19). The minimum absolute atomic E-state index is 0.290. The van der Waals surface area contributed by atoms with E-state index >= 15 is 0 Å². The van der Waals surface area contributed by atoms with Gasteiger partial charge in [-0.2, -0.15) is 0 Å². The Morgan fingerprint density at radius 1 is 1.20 bits per heavy atom. The normalized spacial score (nSPS) is 10.7. The van der Waals surface area contributed by atoms with Gasteiger partial charge in [0.15, 0.2) is 0 Å². The predicted octanol–water partition coefficient (Wildman–Crippen LogP) is 4.67. The molecule has 0 spiro atoms. The molecule has 0 aliphatic rings. The molecule has 1 aromatic heterocycles. The summed E-state index contributed by atoms with van der Waals surface area (Å²) in [5, 5.41) is 2.73. The Hall–Kier alpha value is -1.62. The fourth-order valence-corrected chi connectivity index (χ4v) is 2.55. The van der Waals surface area contributed by atoms with Crippen molar-refractivity contribution < 1.29 is 13.6 Å². The molecule has 5 heteroatoms. The van der Waals surface area contributed by atoms with Gasteiger partial charge in [-0.05, 0) is 61.3 Å². The Balaban J connectivity index is 2.35. The zero-order chi connectivity index (χ0) is 15.0. The van der Waals surface area contributed by atoms with Gasteiger partial charge in [-0.25, -0.2) is 4.39 Å². The fourth-order valence-electron chi connectivity index (χ4n) is 2.09. The van der Waals surface area contributed by atoms with Crippen LogP contribution in [-0.2, 0) is 0 Å². The summed E-state index contributed by atoms with van der Waals surface area (Å²) in [5.41, 5.74) is 2.54. The van der Waals surface area contributed by atoms with Crippen LogP contribution in [-0.4, -0.2) is 5.91 Å². The van der Waals surface area contributed by atoms with E-state index in [-0.39, 0.29) is 5.91 Å². The lowest BCUT2D eigenvalue weighted by molar-refractivity contribution is 0.102. The third kappa shape index (κ3) is 2.63. The molecule has 0 aliphatic heterocycles. The smallest absolute Gasteiger partial charge is 0.259 e. The van der Waals surface area contributed by atoms with Crippen LogP contribution in [0.2, 0.25) is 0 Å². The van der Waals surface area contributed by atoms with Crippen LogP contribution in [0.5, 0.6) is 0 Å². The highest BCUT2D eigenvalue weighted by Crippen LogP contribution is 2.26. The third-order valence-corrected chi connectivity index (χ3v) is 3.91. The van der Waals surface area contributed by atoms with Crippen molar-refractivity contribution in [3.63, 3.8) is 0 Å². The molecule has 1 aromatic carbocycles. The van der Waals surface area contributed by atoms with Crippen molar-refractivity contribution in [2.24, 2.45) is 0 Å². The molecule has 0 saturated heterocycles. The summed E-state index contributed by atoms with van der Waals surface area (Å²) >= 11 is 3.12. The fraction of sp³-hybridized carbons (Fsp3) is 0.267. The average molecular weight is 340 g/mol. The number of halogens is 2. The molecule has 3 nitrogen and oxygen atoms in total. The number of aryl methyl sites for hydroxylation is 3. The van der Waals surface area contributed by atoms with Crippen molar-refractivity contribution in [1.82, 2.24) is 0 Å². The summed E-state index contributed by atoms with van der Waals surface area (Å²) in [4.78, 5) is 12.3. The van der Waals surface area contributed by atoms with Crippen LogP contribution in [0.3, 0.4) is 0 Å². The molecule has 1 amide bonds. The number of furan rings is 1. The Morgan fingerprint density at radius 2 is 1.85 bits per heavy atom. The summed E-state index contributed by atoms with van der Waals surface area (Å²) in [5.74, 6) is 0.573. The molecular weight excluding hydrogens is 325 g/mol. The highest BCUT2D eigenvalue weighted by Gasteiger charge is 2.19. The van der Waals surface area contributed by atoms with Gasteiger partial charge in [0, 0.05) is 11.3 Å². The van der Waals surface area contributed by atoms with Gasteiger partial charge in [0.2, 0.25) is 0 Å². The molecule has 20 heavy (non-hydrogen) atoms. The first-order valence-electron chi connectivity index (χ1n) is 6.15. The second kappa shape index (κ2) is 5.40. The van der Waals surface area contributed by atoms with Crippen LogP contribution < -0.4 is 5.32 Å². The van der Waals surface area contributed by atoms with Crippen LogP contribution in [0.25, 0.3) is 0 Å². The van der Waals surface area contributed by atoms with E-state index in [1.807, 2.05) is 13.8 Å². The van der Waals surface area contributed by atoms with E-state index in [0.29, 0.717) is 27.2 Å². The second-order valence-corrected chi connectivity index (χ2v) is 5.60. The number of carbonyl (C=O) groups excluding carboxylic acids is 1. The maximum absolute atomic E-state index is 13.6. The topological polar surface area (TPSA) is 42.2 Å². The highest BCUT2D eigenvalue weighted by atomic mass is 79.9. The second-order valence-electron chi connectivity index (χ2n) is 4.75. The molecule has 0 radical (unpaired) electrons. The molecule has 0 unspecified atom stereocenters. The molecule has 1 heterocycles. The first kappa shape index (κ1) is 14.8. The molecular formula is C15H15BrFNO2. The van der Waals surface area contributed by atoms with Gasteiger partial charge < -0.3 is 9.73 Å². The zero-order valence-electron chi connectivity index (χ0n) is 11.7. The van der Waals surface area contributed by atoms with Gasteiger partial charge in [0.25, 0.3) is 5.91 Å². The summed E-state index contributed by atoms with van der Waals surface area (Å²) < 4.78 is 19.4. The van der Waals surface area contributed by atoms with E-state index in [0.717, 1.165) is 11.1 Å². The summed E-state index contributed by atoms with van der Waals surface area (Å²) in [6.07, 6.45) is 0. The van der Waals surface area contributed by atoms with Crippen LogP contribution in [0.15, 0.2) is 21.0 Å². The first-order valence-corrected chi connectivity index (χ1v) is 6.94. The molecule has 106 valence electrons. The minimum atomic E-state index is -0.414. The maximum atomic E-state index is 13.6. The van der Waals surface area contributed by atoms with Gasteiger partial charge in [0.1, 0.15) is 17.3 Å². The quantitative estimate of drug-likeness (QED) is 0.863. The SMILES string of the molecule is Cc1cc(Br)c(F)cc1NC(=O)c1c(C)oc(C)c1C. The van der Waals surface area contributed by atoms with Crippen molar-refractivity contribution in [2.75, 3.05) is 5.32 Å². The lowest BCUT2D eigenvalue weighted by Gasteiger charge is -2.09. The molecule has 1 N–H and O–H groups in total. The number of hydrogen-bond donors (Lipinski definition) is 1. The van der Waals surface area contributed by atoms with Gasteiger partial charge in [0.05, 0.1) is 10.0 Å². The third-order valence-electron chi connectivity index (χ3n) is 3.30. The van der Waals surface area contributed by atoms with E-state index in [9.17, 15) is 9.18 Å². The van der Waals surface area contributed by atoms with Gasteiger partial charge >= 0.3 is 0 Å². The highest BCUT2D eigenvalue weighted by molar-refractivity contribution is 9.10. The van der Waals surface area contributed by atoms with E-state index in [1.54, 1.807) is 19.9 Å². The molecule has 0 atom stereocenters. The van der Waals surface area contributed by atoms with Crippen molar-refractivity contribution in [3.05, 3.63) is 50.6 Å². The molecule has 0 fully saturated rings. The Morgan fingerprint density at radius 3 is 2.40 bits per heavy atom. The van der Waals surface area contributed by atoms with Gasteiger partial charge in [-0.3, -0.25) is 4.79 Å². The molecule has 0 saturated carbocycles. The summed E-state index contributed by atoms with van der Waals surface area (Å²) in [7, 11) is 0. The Labute approximate surface area is 125 Å². The number of benzene rings is 1. The summed E-state index contributed by atoms with van der Waals surface area (Å²) in [6.45, 7) is 7.18. The van der Waals surface area contributed by atoms with E-state index in [2.05, 4.69) is 21.2 Å². The number of amides is 1. The monoisotopic (exact) mass is 339 g/mol. The Bertz CT molecular complexity index is 692. The van der Waals surface area contributed by atoms with E-state index < -0.39 is 5.82 Å². The van der Waals surface area contributed by atoms with Gasteiger partial charge in [-0.1, -0.05) is 0 Å². The van der Waals surface area contributed by atoms with E-state index in [4.69, 9.17) is 4.42 Å². The average Bonchev–Trinajstić information content (AvgIpc) is 2.60. The van der Waals surface area contributed by atoms with Crippen LogP contribution in [0.1, 0.15) is 33.0 Å². The molecule has 2 aromatic rings. The molecule has 0 bridgehead atoms. The van der Waals surface area contributed by atoms with Crippen LogP contribution >= 0.6 is 15.9 Å². The lowest BCUT2D eigenvalue weighted by atomic mass is 10.1. The minimum Gasteiger partial charge on any atom is -0.466 e. The number of carbonyl (C=O) groups is 1. The summed E-state index contributed by atoms with van der Waals surface area (Å²) in [6, 6.07) is 2.93. The Kier molecular flexibility index (Phi) is 3.99. The van der Waals surface area contributed by atoms with E-state index in [1.165, 1.54) is 6.07 Å². The first-order chi connectivity index (χ1) is 9.31. The van der Waals surface area contributed by atoms with Crippen molar-refractivity contribution >= 4 is 27.5 Å². The number of nitrogens with one attached hydrogen (secondary N) is 1. The number of rotatable bonds is 2. The number of anilines is 1. The zero-order valence-corrected chi connectivity index (χ0v) is 13.3. The largest absolute Gasteiger partial charge is 0.466 e. The predicted molar refractivity (Wildman–Crippen MR) is 79.7 cm³/mol. The number of hydrogen-bond acceptors (Lipinski definition) is 2. The van der Waals surface area contributed by atoms with Crippen molar-refractivity contribution in [3.8, 4) is 0 Å². The lowest BCUT2D eigenvalue weighted by Crippen LogP contribution is -2.14. The van der Waals surface area contributed by atoms with Crippen LogP contribution in [0.4, 0.5) is 10.1 Å². The van der Waals surface area contributed by atoms with Crippen LogP contribution in [0, 0.1) is 33.5 Å². The van der Waals surface area contributed by atoms with Crippen molar-refractivity contribution in [1.29, 1.82) is 0 Å². The maximum Gasteiger partial charge on any atom is 0.259 e. The molecule has 0 aliphatic carbocycles. The van der Waals surface area contributed by atoms with Crippen molar-refractivity contribution in [2.45, 2.75) is 27.7 Å².